The largest absolute Gasteiger partial charge is 0.469 e. The van der Waals surface area contributed by atoms with E-state index in [0.717, 1.165) is 17.9 Å². The average molecular weight is 246 g/mol. The number of rotatable bonds is 4. The smallest absolute Gasteiger partial charge is 0.221 e. The van der Waals surface area contributed by atoms with E-state index in [0.29, 0.717) is 10.6 Å². The lowest BCUT2D eigenvalue weighted by atomic mass is 10.4. The third-order valence-corrected chi connectivity index (χ3v) is 3.05. The number of aryl methyl sites for hydroxylation is 1. The van der Waals surface area contributed by atoms with Crippen LogP contribution in [0, 0.1) is 11.3 Å². The maximum absolute atomic E-state index is 8.89. The van der Waals surface area contributed by atoms with Crippen molar-refractivity contribution in [2.75, 3.05) is 11.5 Å². The summed E-state index contributed by atoms with van der Waals surface area (Å²) in [5.41, 5.74) is 5.93. The first-order chi connectivity index (χ1) is 8.29. The van der Waals surface area contributed by atoms with Crippen molar-refractivity contribution in [1.82, 2.24) is 9.97 Å². The predicted octanol–water partition coefficient (Wildman–Crippen LogP) is 1.86. The van der Waals surface area contributed by atoms with E-state index in [1.165, 1.54) is 18.0 Å². The summed E-state index contributed by atoms with van der Waals surface area (Å²) in [4.78, 5) is 7.82. The van der Waals surface area contributed by atoms with Gasteiger partial charge in [-0.2, -0.15) is 5.26 Å². The molecule has 0 saturated carbocycles. The van der Waals surface area contributed by atoms with Gasteiger partial charge in [0.2, 0.25) is 5.95 Å². The molecule has 2 heterocycles. The van der Waals surface area contributed by atoms with Gasteiger partial charge in [-0.05, 0) is 12.1 Å². The molecule has 0 aromatic carbocycles. The van der Waals surface area contributed by atoms with Crippen LogP contribution in [0.15, 0.2) is 34.0 Å². The summed E-state index contributed by atoms with van der Waals surface area (Å²) in [6.45, 7) is 0. The van der Waals surface area contributed by atoms with Crippen molar-refractivity contribution < 1.29 is 4.42 Å². The highest BCUT2D eigenvalue weighted by Crippen LogP contribution is 2.21. The number of hydrogen-bond acceptors (Lipinski definition) is 6. The molecule has 0 aliphatic carbocycles. The molecule has 86 valence electrons. The molecule has 0 aliphatic heterocycles. The maximum Gasteiger partial charge on any atom is 0.221 e. The molecule has 0 spiro atoms. The summed E-state index contributed by atoms with van der Waals surface area (Å²) in [7, 11) is 0. The normalized spacial score (nSPS) is 10.1. The van der Waals surface area contributed by atoms with E-state index in [1.807, 2.05) is 18.2 Å². The van der Waals surface area contributed by atoms with Crippen LogP contribution in [0.2, 0.25) is 0 Å². The van der Waals surface area contributed by atoms with E-state index in [9.17, 15) is 0 Å². The number of anilines is 1. The van der Waals surface area contributed by atoms with Gasteiger partial charge in [0, 0.05) is 12.2 Å². The topological polar surface area (TPSA) is 88.7 Å². The lowest BCUT2D eigenvalue weighted by Gasteiger charge is -2.02. The second-order valence-electron chi connectivity index (χ2n) is 3.24. The van der Waals surface area contributed by atoms with Crippen molar-refractivity contribution in [2.45, 2.75) is 11.4 Å². The van der Waals surface area contributed by atoms with E-state index in [4.69, 9.17) is 15.4 Å². The van der Waals surface area contributed by atoms with Gasteiger partial charge in [0.25, 0.3) is 0 Å². The monoisotopic (exact) mass is 246 g/mol. The quantitative estimate of drug-likeness (QED) is 0.654. The molecule has 2 N–H and O–H groups in total. The zero-order chi connectivity index (χ0) is 12.1. The number of nitrogens with zero attached hydrogens (tertiary/aromatic N) is 3. The van der Waals surface area contributed by atoms with Crippen LogP contribution in [-0.2, 0) is 6.42 Å². The fourth-order valence-electron chi connectivity index (χ4n) is 1.27. The molecular formula is C11H10N4OS. The number of thioether (sulfide) groups is 1. The van der Waals surface area contributed by atoms with E-state index < -0.39 is 0 Å². The van der Waals surface area contributed by atoms with Crippen molar-refractivity contribution in [3.8, 4) is 6.07 Å². The Morgan fingerprint density at radius 2 is 2.41 bits per heavy atom. The fraction of sp³-hybridized carbons (Fsp3) is 0.182. The second kappa shape index (κ2) is 5.37. The van der Waals surface area contributed by atoms with Gasteiger partial charge in [-0.15, -0.1) is 11.8 Å². The molecule has 0 saturated heterocycles. The number of nitrogens with two attached hydrogens (primary N) is 1. The molecule has 0 aliphatic rings. The van der Waals surface area contributed by atoms with Gasteiger partial charge >= 0.3 is 0 Å². The third-order valence-electron chi connectivity index (χ3n) is 2.06. The van der Waals surface area contributed by atoms with Gasteiger partial charge in [0.05, 0.1) is 12.5 Å². The zero-order valence-corrected chi connectivity index (χ0v) is 9.78. The molecule has 0 fully saturated rings. The Kier molecular flexibility index (Phi) is 3.62. The van der Waals surface area contributed by atoms with E-state index in [2.05, 4.69) is 9.97 Å². The maximum atomic E-state index is 8.89. The Morgan fingerprint density at radius 1 is 1.53 bits per heavy atom. The van der Waals surface area contributed by atoms with Crippen LogP contribution < -0.4 is 5.73 Å². The minimum atomic E-state index is 0.185. The summed E-state index contributed by atoms with van der Waals surface area (Å²) in [5, 5.41) is 9.51. The summed E-state index contributed by atoms with van der Waals surface area (Å²) < 4.78 is 5.22. The molecule has 6 heteroatoms. The first-order valence-corrected chi connectivity index (χ1v) is 5.96. The van der Waals surface area contributed by atoms with E-state index in [1.54, 1.807) is 6.26 Å². The van der Waals surface area contributed by atoms with Crippen LogP contribution in [0.5, 0.6) is 0 Å². The first kappa shape index (κ1) is 11.5. The van der Waals surface area contributed by atoms with Crippen molar-refractivity contribution in [2.24, 2.45) is 0 Å². The Morgan fingerprint density at radius 3 is 3.12 bits per heavy atom. The van der Waals surface area contributed by atoms with Crippen LogP contribution in [0.1, 0.15) is 11.3 Å². The Labute approximate surface area is 103 Å². The Balaban J connectivity index is 1.99. The number of furan rings is 1. The van der Waals surface area contributed by atoms with Gasteiger partial charge in [-0.25, -0.2) is 9.97 Å². The summed E-state index contributed by atoms with van der Waals surface area (Å²) >= 11 is 1.47. The van der Waals surface area contributed by atoms with Crippen LogP contribution >= 0.6 is 11.8 Å². The minimum absolute atomic E-state index is 0.185. The predicted molar refractivity (Wildman–Crippen MR) is 64.3 cm³/mol. The number of hydrogen-bond donors (Lipinski definition) is 1. The highest BCUT2D eigenvalue weighted by molar-refractivity contribution is 7.99. The van der Waals surface area contributed by atoms with Crippen molar-refractivity contribution >= 4 is 17.7 Å². The van der Waals surface area contributed by atoms with Crippen LogP contribution in [0.25, 0.3) is 0 Å². The summed E-state index contributed by atoms with van der Waals surface area (Å²) in [6, 6.07) is 5.81. The van der Waals surface area contributed by atoms with Gasteiger partial charge in [-0.3, -0.25) is 0 Å². The van der Waals surface area contributed by atoms with Crippen LogP contribution in [0.3, 0.4) is 0 Å². The summed E-state index contributed by atoms with van der Waals surface area (Å²) in [6.07, 6.45) is 3.87. The molecular weight excluding hydrogens is 236 g/mol. The van der Waals surface area contributed by atoms with Crippen LogP contribution in [0.4, 0.5) is 5.95 Å². The molecule has 2 rings (SSSR count). The van der Waals surface area contributed by atoms with Crippen LogP contribution in [-0.4, -0.2) is 15.7 Å². The van der Waals surface area contributed by atoms with Crippen molar-refractivity contribution in [3.63, 3.8) is 0 Å². The molecule has 2 aromatic heterocycles. The molecule has 0 radical (unpaired) electrons. The van der Waals surface area contributed by atoms with E-state index in [-0.39, 0.29) is 5.95 Å². The highest BCUT2D eigenvalue weighted by Gasteiger charge is 2.06. The number of nitrogen functional groups attached to an aromatic ring is 1. The fourth-order valence-corrected chi connectivity index (χ4v) is 2.18. The molecule has 0 amide bonds. The number of aromatic nitrogens is 2. The van der Waals surface area contributed by atoms with E-state index >= 15 is 0 Å². The van der Waals surface area contributed by atoms with Gasteiger partial charge < -0.3 is 10.2 Å². The molecule has 0 atom stereocenters. The molecule has 17 heavy (non-hydrogen) atoms. The lowest BCUT2D eigenvalue weighted by molar-refractivity contribution is 0.517. The third kappa shape index (κ3) is 2.98. The Hall–Kier alpha value is -2.00. The lowest BCUT2D eigenvalue weighted by Crippen LogP contribution is -1.98. The number of nitriles is 1. The average Bonchev–Trinajstić information content (AvgIpc) is 2.82. The minimum Gasteiger partial charge on any atom is -0.469 e. The second-order valence-corrected chi connectivity index (χ2v) is 4.32. The van der Waals surface area contributed by atoms with Crippen molar-refractivity contribution in [3.05, 3.63) is 35.9 Å². The van der Waals surface area contributed by atoms with Crippen molar-refractivity contribution in [1.29, 1.82) is 5.26 Å². The zero-order valence-electron chi connectivity index (χ0n) is 8.96. The Bertz CT molecular complexity index is 533. The molecule has 0 unspecified atom stereocenters. The van der Waals surface area contributed by atoms with Gasteiger partial charge in [-0.1, -0.05) is 0 Å². The SMILES string of the molecule is N#Cc1cnc(N)nc1SCCc1ccco1. The van der Waals surface area contributed by atoms with Gasteiger partial charge in [0.1, 0.15) is 22.4 Å². The summed E-state index contributed by atoms with van der Waals surface area (Å²) in [5.74, 6) is 1.88. The first-order valence-electron chi connectivity index (χ1n) is 4.97. The molecule has 5 nitrogen and oxygen atoms in total. The highest BCUT2D eigenvalue weighted by atomic mass is 32.2. The molecule has 2 aromatic rings. The standard InChI is InChI=1S/C11H10N4OS/c12-6-8-7-14-11(13)15-10(8)17-5-3-9-2-1-4-16-9/h1-2,4,7H,3,5H2,(H2,13,14,15). The van der Waals surface area contributed by atoms with Gasteiger partial charge in [0.15, 0.2) is 0 Å². The molecule has 0 bridgehead atoms.